The van der Waals surface area contributed by atoms with Gasteiger partial charge in [0.1, 0.15) is 5.69 Å². The Kier molecular flexibility index (Phi) is 5.60. The van der Waals surface area contributed by atoms with Gasteiger partial charge in [-0.3, -0.25) is 4.98 Å². The van der Waals surface area contributed by atoms with Crippen LogP contribution in [0.1, 0.15) is 41.1 Å². The zero-order valence-electron chi connectivity index (χ0n) is 18.3. The molecule has 5 rings (SSSR count). The van der Waals surface area contributed by atoms with Crippen LogP contribution in [0.2, 0.25) is 10.0 Å². The van der Waals surface area contributed by atoms with Crippen LogP contribution in [0.15, 0.2) is 30.5 Å². The summed E-state index contributed by atoms with van der Waals surface area (Å²) in [5.41, 5.74) is 6.93. The number of halogens is 2. The summed E-state index contributed by atoms with van der Waals surface area (Å²) in [6, 6.07) is 7.77. The molecule has 2 aliphatic rings. The number of aliphatic hydroxyl groups is 1. The first kappa shape index (κ1) is 21.6. The van der Waals surface area contributed by atoms with Crippen LogP contribution >= 0.6 is 23.2 Å². The highest BCUT2D eigenvalue weighted by atomic mass is 35.5. The smallest absolute Gasteiger partial charge is 0.153 e. The van der Waals surface area contributed by atoms with E-state index in [2.05, 4.69) is 22.9 Å². The van der Waals surface area contributed by atoms with Crippen LogP contribution in [0.3, 0.4) is 0 Å². The van der Waals surface area contributed by atoms with E-state index in [-0.39, 0.29) is 12.0 Å². The molecule has 1 saturated heterocycles. The zero-order chi connectivity index (χ0) is 22.5. The molecule has 3 heterocycles. The normalized spacial score (nSPS) is 17.1. The Morgan fingerprint density at radius 2 is 1.88 bits per heavy atom. The van der Waals surface area contributed by atoms with Gasteiger partial charge in [0.2, 0.25) is 0 Å². The first-order chi connectivity index (χ1) is 15.4. The molecule has 0 atom stereocenters. The van der Waals surface area contributed by atoms with Crippen LogP contribution in [0, 0.1) is 19.3 Å². The van der Waals surface area contributed by atoms with E-state index < -0.39 is 0 Å². The predicted octanol–water partition coefficient (Wildman–Crippen LogP) is 5.34. The molecular formula is C25H26Cl2N4O. The van der Waals surface area contributed by atoms with Crippen molar-refractivity contribution in [2.75, 3.05) is 18.0 Å². The third kappa shape index (κ3) is 3.76. The Morgan fingerprint density at radius 1 is 1.09 bits per heavy atom. The summed E-state index contributed by atoms with van der Waals surface area (Å²) in [6.07, 6.45) is 6.30. The van der Waals surface area contributed by atoms with Crippen LogP contribution in [0.25, 0.3) is 11.3 Å². The maximum absolute atomic E-state index is 10.1. The molecule has 7 heteroatoms. The minimum atomic E-state index is -0.177. The second-order valence-electron chi connectivity index (χ2n) is 9.15. The highest BCUT2D eigenvalue weighted by molar-refractivity contribution is 6.43. The zero-order valence-corrected chi connectivity index (χ0v) is 19.8. The number of anilines is 1. The monoisotopic (exact) mass is 468 g/mol. The molecule has 1 spiro atoms. The molecule has 3 aromatic rings. The lowest BCUT2D eigenvalue weighted by Crippen LogP contribution is -2.41. The Morgan fingerprint density at radius 3 is 2.62 bits per heavy atom. The van der Waals surface area contributed by atoms with Gasteiger partial charge < -0.3 is 10.0 Å². The fourth-order valence-electron chi connectivity index (χ4n) is 5.18. The van der Waals surface area contributed by atoms with Crippen LogP contribution in [0.5, 0.6) is 0 Å². The maximum Gasteiger partial charge on any atom is 0.153 e. The van der Waals surface area contributed by atoms with Crippen molar-refractivity contribution in [3.63, 3.8) is 0 Å². The lowest BCUT2D eigenvalue weighted by atomic mass is 9.76. The first-order valence-electron chi connectivity index (χ1n) is 11.0. The van der Waals surface area contributed by atoms with Crippen molar-refractivity contribution in [2.24, 2.45) is 5.41 Å². The number of fused-ring (bicyclic) bond motifs is 1. The van der Waals surface area contributed by atoms with Crippen molar-refractivity contribution in [1.29, 1.82) is 0 Å². The molecule has 0 unspecified atom stereocenters. The van der Waals surface area contributed by atoms with Gasteiger partial charge in [-0.1, -0.05) is 41.4 Å². The molecule has 1 fully saturated rings. The van der Waals surface area contributed by atoms with E-state index in [0.717, 1.165) is 55.8 Å². The van der Waals surface area contributed by atoms with Gasteiger partial charge in [-0.25, -0.2) is 9.97 Å². The maximum atomic E-state index is 10.1. The SMILES string of the molecule is Cc1cnc2c(c1)CC1(CCN(c3nc(C)c(-c4cccc(Cl)c4Cl)nc3CO)CC1)C2. The number of nitrogens with zero attached hydrogens (tertiary/aromatic N) is 4. The van der Waals surface area contributed by atoms with Gasteiger partial charge >= 0.3 is 0 Å². The highest BCUT2D eigenvalue weighted by Gasteiger charge is 2.41. The summed E-state index contributed by atoms with van der Waals surface area (Å²) >= 11 is 12.6. The van der Waals surface area contributed by atoms with Gasteiger partial charge in [0.25, 0.3) is 0 Å². The standard InChI is InChI=1S/C25H26Cl2N4O/c1-15-10-17-11-25(12-20(17)28-13-15)6-8-31(9-7-25)24-21(14-32)30-23(16(2)29-24)18-4-3-5-19(26)22(18)27/h3-5,10,13,32H,6-9,11-12,14H2,1-2H3. The van der Waals surface area contributed by atoms with Crippen molar-refractivity contribution in [3.05, 3.63) is 68.7 Å². The molecule has 0 amide bonds. The van der Waals surface area contributed by atoms with Crippen molar-refractivity contribution < 1.29 is 5.11 Å². The third-order valence-electron chi connectivity index (χ3n) is 6.91. The Bertz CT molecular complexity index is 1190. The molecule has 1 aliphatic heterocycles. The number of pyridine rings is 1. The summed E-state index contributed by atoms with van der Waals surface area (Å²) in [5.74, 6) is 0.770. The molecule has 1 aliphatic carbocycles. The molecule has 0 bridgehead atoms. The Balaban J connectivity index is 1.39. The average Bonchev–Trinajstić information content (AvgIpc) is 3.13. The molecule has 1 N–H and O–H groups in total. The predicted molar refractivity (Wildman–Crippen MR) is 128 cm³/mol. The molecule has 5 nitrogen and oxygen atoms in total. The van der Waals surface area contributed by atoms with Gasteiger partial charge in [0, 0.05) is 30.5 Å². The summed E-state index contributed by atoms with van der Waals surface area (Å²) in [5, 5.41) is 11.0. The van der Waals surface area contributed by atoms with Gasteiger partial charge in [-0.2, -0.15) is 0 Å². The molecule has 32 heavy (non-hydrogen) atoms. The molecule has 0 saturated carbocycles. The lowest BCUT2D eigenvalue weighted by Gasteiger charge is -2.40. The van der Waals surface area contributed by atoms with E-state index >= 15 is 0 Å². The summed E-state index contributed by atoms with van der Waals surface area (Å²) in [6.45, 7) is 5.65. The number of piperidine rings is 1. The Hall–Kier alpha value is -2.21. The summed E-state index contributed by atoms with van der Waals surface area (Å²) in [4.78, 5) is 16.6. The second kappa shape index (κ2) is 8.29. The number of rotatable bonds is 3. The van der Waals surface area contributed by atoms with Gasteiger partial charge in [0.15, 0.2) is 5.82 Å². The number of hydrogen-bond donors (Lipinski definition) is 1. The fourth-order valence-corrected chi connectivity index (χ4v) is 5.57. The molecule has 166 valence electrons. The number of benzene rings is 1. The van der Waals surface area contributed by atoms with E-state index in [9.17, 15) is 5.11 Å². The topological polar surface area (TPSA) is 62.1 Å². The average molecular weight is 469 g/mol. The highest BCUT2D eigenvalue weighted by Crippen LogP contribution is 2.45. The minimum absolute atomic E-state index is 0.177. The largest absolute Gasteiger partial charge is 0.390 e. The van der Waals surface area contributed by atoms with Gasteiger partial charge in [-0.05, 0) is 62.1 Å². The third-order valence-corrected chi connectivity index (χ3v) is 7.72. The quantitative estimate of drug-likeness (QED) is 0.561. The van der Waals surface area contributed by atoms with Crippen LogP contribution in [-0.2, 0) is 19.4 Å². The fraction of sp³-hybridized carbons (Fsp3) is 0.400. The van der Waals surface area contributed by atoms with E-state index in [0.29, 0.717) is 21.4 Å². The Labute approximate surface area is 198 Å². The lowest BCUT2D eigenvalue weighted by molar-refractivity contribution is 0.230. The van der Waals surface area contributed by atoms with E-state index in [1.54, 1.807) is 6.07 Å². The number of aliphatic hydroxyl groups excluding tert-OH is 1. The van der Waals surface area contributed by atoms with E-state index in [1.807, 2.05) is 25.3 Å². The van der Waals surface area contributed by atoms with Crippen LogP contribution in [0.4, 0.5) is 5.82 Å². The van der Waals surface area contributed by atoms with E-state index in [4.69, 9.17) is 33.2 Å². The van der Waals surface area contributed by atoms with Gasteiger partial charge in [-0.15, -0.1) is 0 Å². The number of aromatic nitrogens is 3. The first-order valence-corrected chi connectivity index (χ1v) is 11.8. The second-order valence-corrected chi connectivity index (χ2v) is 9.93. The molecule has 1 aromatic carbocycles. The van der Waals surface area contributed by atoms with Crippen LogP contribution in [-0.4, -0.2) is 33.1 Å². The number of aryl methyl sites for hydroxylation is 2. The van der Waals surface area contributed by atoms with Crippen molar-refractivity contribution in [2.45, 2.75) is 46.1 Å². The minimum Gasteiger partial charge on any atom is -0.390 e. The van der Waals surface area contributed by atoms with Crippen molar-refractivity contribution in [3.8, 4) is 11.3 Å². The number of hydrogen-bond acceptors (Lipinski definition) is 5. The van der Waals surface area contributed by atoms with Crippen molar-refractivity contribution in [1.82, 2.24) is 15.0 Å². The summed E-state index contributed by atoms with van der Waals surface area (Å²) in [7, 11) is 0. The summed E-state index contributed by atoms with van der Waals surface area (Å²) < 4.78 is 0. The van der Waals surface area contributed by atoms with Crippen LogP contribution < -0.4 is 4.90 Å². The van der Waals surface area contributed by atoms with Gasteiger partial charge in [0.05, 0.1) is 28.0 Å². The molecule has 0 radical (unpaired) electrons. The molecule has 2 aromatic heterocycles. The van der Waals surface area contributed by atoms with Crippen molar-refractivity contribution >= 4 is 29.0 Å². The molecular weight excluding hydrogens is 443 g/mol. The van der Waals surface area contributed by atoms with E-state index in [1.165, 1.54) is 16.8 Å².